The van der Waals surface area contributed by atoms with E-state index in [-0.39, 0.29) is 22.0 Å². The van der Waals surface area contributed by atoms with E-state index in [2.05, 4.69) is 27.1 Å². The molecule has 42 heavy (non-hydrogen) atoms. The number of carbonyl (C=O) groups excluding carboxylic acids is 1. The van der Waals surface area contributed by atoms with Crippen LogP contribution in [0.5, 0.6) is 0 Å². The Bertz CT molecular complexity index is 1450. The first-order valence-corrected chi connectivity index (χ1v) is 14.1. The molecule has 3 aromatic rings. The van der Waals surface area contributed by atoms with Crippen LogP contribution >= 0.6 is 11.6 Å². The maximum Gasteiger partial charge on any atom is 0.416 e. The van der Waals surface area contributed by atoms with Crippen LogP contribution in [0.2, 0.25) is 5.02 Å². The monoisotopic (exact) mass is 604 g/mol. The first-order valence-electron chi connectivity index (χ1n) is 13.7. The number of halogens is 4. The molecule has 13 heteroatoms. The first kappa shape index (κ1) is 31.4. The Kier molecular flexibility index (Phi) is 9.82. The van der Waals surface area contributed by atoms with E-state index in [0.717, 1.165) is 50.6 Å². The lowest BCUT2D eigenvalue weighted by atomic mass is 10.1. The van der Waals surface area contributed by atoms with E-state index in [9.17, 15) is 18.0 Å². The molecule has 0 saturated carbocycles. The number of piperazine rings is 1. The third-order valence-corrected chi connectivity index (χ3v) is 7.69. The zero-order valence-corrected chi connectivity index (χ0v) is 24.6. The van der Waals surface area contributed by atoms with Crippen molar-refractivity contribution in [1.29, 1.82) is 0 Å². The van der Waals surface area contributed by atoms with Crippen LogP contribution in [0.15, 0.2) is 48.8 Å². The van der Waals surface area contributed by atoms with Gasteiger partial charge in [-0.15, -0.1) is 0 Å². The predicted octanol–water partition coefficient (Wildman–Crippen LogP) is 4.91. The molecule has 0 spiro atoms. The van der Waals surface area contributed by atoms with Gasteiger partial charge in [0.15, 0.2) is 0 Å². The Morgan fingerprint density at radius 2 is 1.79 bits per heavy atom. The smallest absolute Gasteiger partial charge is 0.397 e. The zero-order chi connectivity index (χ0) is 30.6. The van der Waals surface area contributed by atoms with Crippen molar-refractivity contribution in [2.24, 2.45) is 11.6 Å². The number of hydrogen-bond donors (Lipinski definition) is 3. The lowest BCUT2D eigenvalue weighted by Gasteiger charge is -2.34. The van der Waals surface area contributed by atoms with Gasteiger partial charge in [0, 0.05) is 68.0 Å². The summed E-state index contributed by atoms with van der Waals surface area (Å²) >= 11 is 6.37. The molecule has 1 amide bonds. The van der Waals surface area contributed by atoms with E-state index < -0.39 is 17.6 Å². The lowest BCUT2D eigenvalue weighted by Crippen LogP contribution is -2.45. The molecule has 1 aromatic heterocycles. The van der Waals surface area contributed by atoms with E-state index in [0.29, 0.717) is 29.9 Å². The standard InChI is InChI=1S/C29H36ClF3N8O/c1-4-38-8-10-39(11-9-38)17-20-12-22(29(31,32)33)15-23(13-20)37-28(42)21-6-7-25(30)27(14-21)40(35)18-26(34)24-16-36-41(5-2)19(24)3/h6-7,12-16,18H,4-5,8-11,17,34-35H2,1-3H3,(H,37,42)/b26-18-. The van der Waals surface area contributed by atoms with E-state index >= 15 is 0 Å². The van der Waals surface area contributed by atoms with E-state index in [1.54, 1.807) is 16.9 Å². The van der Waals surface area contributed by atoms with Gasteiger partial charge in [0.1, 0.15) is 0 Å². The molecular formula is C29H36ClF3N8O. The van der Waals surface area contributed by atoms with Crippen molar-refractivity contribution in [3.05, 3.63) is 81.8 Å². The van der Waals surface area contributed by atoms with Crippen LogP contribution in [0.1, 0.15) is 46.6 Å². The van der Waals surface area contributed by atoms with Crippen LogP contribution in [0.4, 0.5) is 24.5 Å². The van der Waals surface area contributed by atoms with Crippen LogP contribution in [-0.2, 0) is 19.3 Å². The number of benzene rings is 2. The number of nitrogens with two attached hydrogens (primary N) is 2. The topological polar surface area (TPSA) is 109 Å². The van der Waals surface area contributed by atoms with Crippen molar-refractivity contribution >= 4 is 34.6 Å². The summed E-state index contributed by atoms with van der Waals surface area (Å²) in [7, 11) is 0. The number of alkyl halides is 3. The summed E-state index contributed by atoms with van der Waals surface area (Å²) in [4.78, 5) is 17.6. The Morgan fingerprint density at radius 3 is 2.40 bits per heavy atom. The summed E-state index contributed by atoms with van der Waals surface area (Å²) in [6.45, 7) is 11.1. The molecule has 0 aliphatic carbocycles. The highest BCUT2D eigenvalue weighted by Crippen LogP contribution is 2.33. The van der Waals surface area contributed by atoms with Gasteiger partial charge in [0.25, 0.3) is 5.91 Å². The van der Waals surface area contributed by atoms with Gasteiger partial charge in [-0.2, -0.15) is 18.3 Å². The van der Waals surface area contributed by atoms with Crippen molar-refractivity contribution < 1.29 is 18.0 Å². The molecule has 1 fully saturated rings. The molecule has 1 aliphatic rings. The summed E-state index contributed by atoms with van der Waals surface area (Å²) in [5.74, 6) is 5.63. The number of anilines is 2. The van der Waals surface area contributed by atoms with Crippen molar-refractivity contribution in [3.63, 3.8) is 0 Å². The highest BCUT2D eigenvalue weighted by molar-refractivity contribution is 6.33. The normalized spacial score (nSPS) is 15.2. The van der Waals surface area contributed by atoms with Crippen molar-refractivity contribution in [2.75, 3.05) is 43.0 Å². The Labute approximate surface area is 248 Å². The highest BCUT2D eigenvalue weighted by Gasteiger charge is 2.32. The van der Waals surface area contributed by atoms with Gasteiger partial charge in [0.2, 0.25) is 0 Å². The highest BCUT2D eigenvalue weighted by atomic mass is 35.5. The zero-order valence-electron chi connectivity index (χ0n) is 23.9. The quantitative estimate of drug-likeness (QED) is 0.235. The Hall–Kier alpha value is -3.58. The number of rotatable bonds is 9. The Morgan fingerprint density at radius 1 is 1.10 bits per heavy atom. The number of aryl methyl sites for hydroxylation is 1. The molecule has 0 atom stereocenters. The summed E-state index contributed by atoms with van der Waals surface area (Å²) in [5, 5.41) is 8.34. The van der Waals surface area contributed by atoms with Crippen LogP contribution in [0.25, 0.3) is 5.70 Å². The molecular weight excluding hydrogens is 569 g/mol. The summed E-state index contributed by atoms with van der Waals surface area (Å²) < 4.78 is 43.1. The molecule has 2 heterocycles. The van der Waals surface area contributed by atoms with Crippen LogP contribution in [0, 0.1) is 6.92 Å². The molecule has 1 aliphatic heterocycles. The van der Waals surface area contributed by atoms with E-state index in [4.69, 9.17) is 23.2 Å². The Balaban J connectivity index is 1.54. The second kappa shape index (κ2) is 13.2. The maximum atomic E-state index is 13.8. The number of carbonyl (C=O) groups is 1. The molecule has 4 rings (SSSR count). The van der Waals surface area contributed by atoms with Crippen LogP contribution < -0.4 is 21.9 Å². The maximum absolute atomic E-state index is 13.8. The fourth-order valence-electron chi connectivity index (χ4n) is 4.93. The minimum atomic E-state index is -4.57. The molecule has 0 unspecified atom stereocenters. The van der Waals surface area contributed by atoms with Gasteiger partial charge < -0.3 is 16.0 Å². The minimum absolute atomic E-state index is 0.0469. The van der Waals surface area contributed by atoms with Gasteiger partial charge in [-0.1, -0.05) is 18.5 Å². The molecule has 0 radical (unpaired) electrons. The molecule has 1 saturated heterocycles. The number of nitrogens with zero attached hydrogens (tertiary/aromatic N) is 5. The second-order valence-electron chi connectivity index (χ2n) is 10.2. The number of amides is 1. The number of hydrogen-bond acceptors (Lipinski definition) is 7. The van der Waals surface area contributed by atoms with Gasteiger partial charge in [-0.05, 0) is 62.4 Å². The average Bonchev–Trinajstić information content (AvgIpc) is 3.33. The van der Waals surface area contributed by atoms with Crippen molar-refractivity contribution in [3.8, 4) is 0 Å². The van der Waals surface area contributed by atoms with Crippen molar-refractivity contribution in [1.82, 2.24) is 19.6 Å². The third-order valence-electron chi connectivity index (χ3n) is 7.37. The minimum Gasteiger partial charge on any atom is -0.397 e. The largest absolute Gasteiger partial charge is 0.416 e. The van der Waals surface area contributed by atoms with Crippen LogP contribution in [-0.4, -0.2) is 58.2 Å². The molecule has 226 valence electrons. The van der Waals surface area contributed by atoms with Crippen molar-refractivity contribution in [2.45, 2.75) is 40.0 Å². The summed E-state index contributed by atoms with van der Waals surface area (Å²) in [5.41, 5.74) is 8.29. The van der Waals surface area contributed by atoms with Gasteiger partial charge in [-0.3, -0.25) is 19.4 Å². The SMILES string of the molecule is CCN1CCN(Cc2cc(NC(=O)c3ccc(Cl)c(N(N)/C=C(\N)c4cnn(CC)c4C)c3)cc(C(F)(F)F)c2)CC1. The van der Waals surface area contributed by atoms with E-state index in [1.807, 2.05) is 13.8 Å². The van der Waals surface area contributed by atoms with Gasteiger partial charge in [-0.25, -0.2) is 5.84 Å². The number of nitrogens with one attached hydrogen (secondary N) is 1. The fraction of sp³-hybridized carbons (Fsp3) is 0.379. The van der Waals surface area contributed by atoms with E-state index in [1.165, 1.54) is 29.4 Å². The average molecular weight is 605 g/mol. The third kappa shape index (κ3) is 7.43. The molecule has 0 bridgehead atoms. The second-order valence-corrected chi connectivity index (χ2v) is 10.6. The number of aromatic nitrogens is 2. The molecule has 9 nitrogen and oxygen atoms in total. The summed E-state index contributed by atoms with van der Waals surface area (Å²) in [6.07, 6.45) is -1.47. The fourth-order valence-corrected chi connectivity index (χ4v) is 5.15. The van der Waals surface area contributed by atoms with Crippen LogP contribution in [0.3, 0.4) is 0 Å². The lowest BCUT2D eigenvalue weighted by molar-refractivity contribution is -0.137. The number of likely N-dealkylation sites (N-methyl/N-ethyl adjacent to an activating group) is 1. The predicted molar refractivity (Wildman–Crippen MR) is 160 cm³/mol. The number of hydrazine groups is 1. The summed E-state index contributed by atoms with van der Waals surface area (Å²) in [6, 6.07) is 8.06. The molecule has 2 aromatic carbocycles. The van der Waals surface area contributed by atoms with Gasteiger partial charge in [0.05, 0.1) is 28.2 Å². The van der Waals surface area contributed by atoms with Gasteiger partial charge >= 0.3 is 6.18 Å². The first-order chi connectivity index (χ1) is 19.9. The molecule has 5 N–H and O–H groups in total.